The predicted molar refractivity (Wildman–Crippen MR) is 74.7 cm³/mol. The minimum Gasteiger partial charge on any atom is -0.471 e. The van der Waals surface area contributed by atoms with Crippen molar-refractivity contribution in [2.24, 2.45) is 0 Å². The van der Waals surface area contributed by atoms with E-state index < -0.39 is 11.6 Å². The minimum atomic E-state index is -0.824. The molecule has 0 amide bonds. The maximum absolute atomic E-state index is 13.4. The van der Waals surface area contributed by atoms with Crippen molar-refractivity contribution in [2.45, 2.75) is 0 Å². The van der Waals surface area contributed by atoms with Crippen LogP contribution in [0.15, 0.2) is 42.5 Å². The van der Waals surface area contributed by atoms with Gasteiger partial charge in [0.1, 0.15) is 6.61 Å². The summed E-state index contributed by atoms with van der Waals surface area (Å²) in [5.41, 5.74) is 1.01. The number of ether oxygens (including phenoxy) is 1. The summed E-state index contributed by atoms with van der Waals surface area (Å²) < 4.78 is 31.8. The van der Waals surface area contributed by atoms with Gasteiger partial charge in [-0.3, -0.25) is 0 Å². The van der Waals surface area contributed by atoms with Crippen molar-refractivity contribution in [2.75, 3.05) is 19.0 Å². The minimum absolute atomic E-state index is 0.0477. The zero-order valence-electron chi connectivity index (χ0n) is 10.9. The molecule has 1 aromatic carbocycles. The number of nitrogens with one attached hydrogen (secondary N) is 1. The first-order valence-electron chi connectivity index (χ1n) is 6.09. The highest BCUT2D eigenvalue weighted by molar-refractivity contribution is 5.48. The fourth-order valence-electron chi connectivity index (χ4n) is 1.60. The normalized spacial score (nSPS) is 10.8. The maximum atomic E-state index is 13.4. The molecule has 0 aliphatic carbocycles. The highest BCUT2D eigenvalue weighted by atomic mass is 19.1. The van der Waals surface area contributed by atoms with E-state index in [1.165, 1.54) is 7.05 Å². The van der Waals surface area contributed by atoms with Crippen molar-refractivity contribution in [3.63, 3.8) is 0 Å². The second-order valence-corrected chi connectivity index (χ2v) is 3.98. The largest absolute Gasteiger partial charge is 0.471 e. The molecule has 1 aromatic heterocycles. The molecule has 0 aliphatic heterocycles. The van der Waals surface area contributed by atoms with Crippen LogP contribution < -0.4 is 10.1 Å². The van der Waals surface area contributed by atoms with Gasteiger partial charge in [-0.1, -0.05) is 36.4 Å². The maximum Gasteiger partial charge on any atom is 0.252 e. The van der Waals surface area contributed by atoms with Crippen LogP contribution in [0.25, 0.3) is 6.08 Å². The van der Waals surface area contributed by atoms with Gasteiger partial charge < -0.3 is 10.1 Å². The van der Waals surface area contributed by atoms with Crippen LogP contribution in [-0.2, 0) is 0 Å². The molecule has 0 aliphatic rings. The molecule has 20 heavy (non-hydrogen) atoms. The van der Waals surface area contributed by atoms with Gasteiger partial charge in [0.25, 0.3) is 5.88 Å². The van der Waals surface area contributed by atoms with Gasteiger partial charge in [0.2, 0.25) is 0 Å². The van der Waals surface area contributed by atoms with Crippen LogP contribution in [0.4, 0.5) is 14.6 Å². The second-order valence-electron chi connectivity index (χ2n) is 3.98. The third-order valence-electron chi connectivity index (χ3n) is 2.56. The molecule has 3 nitrogen and oxygen atoms in total. The first-order valence-corrected chi connectivity index (χ1v) is 6.09. The summed E-state index contributed by atoms with van der Waals surface area (Å²) in [5, 5.41) is 2.53. The Kier molecular flexibility index (Phi) is 4.65. The summed E-state index contributed by atoms with van der Waals surface area (Å²) >= 11 is 0. The van der Waals surface area contributed by atoms with Crippen molar-refractivity contribution in [3.05, 3.63) is 59.7 Å². The van der Waals surface area contributed by atoms with Gasteiger partial charge in [0.05, 0.1) is 0 Å². The predicted octanol–water partition coefficient (Wildman–Crippen LogP) is 3.49. The van der Waals surface area contributed by atoms with E-state index in [4.69, 9.17) is 4.74 Å². The number of halogens is 2. The van der Waals surface area contributed by atoms with Gasteiger partial charge in [-0.05, 0) is 11.6 Å². The van der Waals surface area contributed by atoms with Crippen LogP contribution in [0.1, 0.15) is 5.56 Å². The van der Waals surface area contributed by atoms with E-state index in [2.05, 4.69) is 10.3 Å². The molecule has 0 spiro atoms. The second kappa shape index (κ2) is 6.65. The Hall–Kier alpha value is -2.43. The summed E-state index contributed by atoms with van der Waals surface area (Å²) in [4.78, 5) is 3.72. The van der Waals surface area contributed by atoms with Crippen molar-refractivity contribution in [3.8, 4) is 5.88 Å². The van der Waals surface area contributed by atoms with E-state index in [-0.39, 0.29) is 18.3 Å². The Morgan fingerprint density at radius 2 is 1.95 bits per heavy atom. The van der Waals surface area contributed by atoms with Gasteiger partial charge in [-0.2, -0.15) is 4.98 Å². The Morgan fingerprint density at radius 3 is 2.65 bits per heavy atom. The van der Waals surface area contributed by atoms with Crippen LogP contribution in [0, 0.1) is 11.6 Å². The lowest BCUT2D eigenvalue weighted by Crippen LogP contribution is -2.03. The number of benzene rings is 1. The number of hydrogen-bond donors (Lipinski definition) is 1. The molecule has 1 heterocycles. The lowest BCUT2D eigenvalue weighted by atomic mass is 10.2. The number of pyridine rings is 1. The average Bonchev–Trinajstić information content (AvgIpc) is 2.46. The molecule has 104 valence electrons. The zero-order valence-corrected chi connectivity index (χ0v) is 10.9. The van der Waals surface area contributed by atoms with Gasteiger partial charge in [0, 0.05) is 13.1 Å². The van der Waals surface area contributed by atoms with E-state index in [0.717, 1.165) is 11.6 Å². The number of aromatic nitrogens is 1. The number of rotatable bonds is 5. The number of nitrogens with zero attached hydrogens (tertiary/aromatic N) is 1. The van der Waals surface area contributed by atoms with E-state index in [0.29, 0.717) is 0 Å². The van der Waals surface area contributed by atoms with E-state index in [1.54, 1.807) is 6.08 Å². The summed E-state index contributed by atoms with van der Waals surface area (Å²) in [7, 11) is 1.50. The van der Waals surface area contributed by atoms with E-state index >= 15 is 0 Å². The lowest BCUT2D eigenvalue weighted by Gasteiger charge is -2.07. The van der Waals surface area contributed by atoms with Crippen LogP contribution in [0.3, 0.4) is 0 Å². The van der Waals surface area contributed by atoms with E-state index in [1.807, 2.05) is 36.4 Å². The average molecular weight is 276 g/mol. The van der Waals surface area contributed by atoms with Crippen molar-refractivity contribution in [1.29, 1.82) is 0 Å². The third-order valence-corrected chi connectivity index (χ3v) is 2.56. The first kappa shape index (κ1) is 14.0. The summed E-state index contributed by atoms with van der Waals surface area (Å²) in [6, 6.07) is 10.4. The van der Waals surface area contributed by atoms with E-state index in [9.17, 15) is 8.78 Å². The van der Waals surface area contributed by atoms with Crippen LogP contribution in [-0.4, -0.2) is 18.6 Å². The van der Waals surface area contributed by atoms with Crippen LogP contribution in [0.5, 0.6) is 5.88 Å². The third kappa shape index (κ3) is 3.54. The molecule has 0 unspecified atom stereocenters. The monoisotopic (exact) mass is 276 g/mol. The topological polar surface area (TPSA) is 34.2 Å². The van der Waals surface area contributed by atoms with Crippen molar-refractivity contribution >= 4 is 11.9 Å². The Morgan fingerprint density at radius 1 is 1.20 bits per heavy atom. The number of hydrogen-bond acceptors (Lipinski definition) is 3. The molecule has 2 aromatic rings. The molecule has 1 N–H and O–H groups in total. The molecule has 0 atom stereocenters. The van der Waals surface area contributed by atoms with Crippen LogP contribution >= 0.6 is 0 Å². The summed E-state index contributed by atoms with van der Waals surface area (Å²) in [5.74, 6) is -1.85. The fraction of sp³-hybridized carbons (Fsp3) is 0.133. The molecule has 0 radical (unpaired) electrons. The smallest absolute Gasteiger partial charge is 0.252 e. The lowest BCUT2D eigenvalue weighted by molar-refractivity contribution is 0.325. The Balaban J connectivity index is 1.99. The molecule has 0 saturated heterocycles. The zero-order chi connectivity index (χ0) is 14.4. The molecule has 0 fully saturated rings. The quantitative estimate of drug-likeness (QED) is 0.907. The SMILES string of the molecule is CNc1nc(OC/C=C/c2ccccc2)c(F)cc1F. The van der Waals surface area contributed by atoms with Crippen molar-refractivity contribution in [1.82, 2.24) is 4.98 Å². The molecule has 0 bridgehead atoms. The molecular weight excluding hydrogens is 262 g/mol. The number of anilines is 1. The summed E-state index contributed by atoms with van der Waals surface area (Å²) in [6.45, 7) is 0.146. The molecule has 0 saturated carbocycles. The molecule has 2 rings (SSSR count). The first-order chi connectivity index (χ1) is 9.70. The van der Waals surface area contributed by atoms with Gasteiger partial charge in [-0.15, -0.1) is 0 Å². The Bertz CT molecular complexity index is 600. The highest BCUT2D eigenvalue weighted by Gasteiger charge is 2.11. The van der Waals surface area contributed by atoms with Gasteiger partial charge in [-0.25, -0.2) is 8.78 Å². The Labute approximate surface area is 115 Å². The molecule has 5 heteroatoms. The summed E-state index contributed by atoms with van der Waals surface area (Å²) in [6.07, 6.45) is 3.58. The van der Waals surface area contributed by atoms with Gasteiger partial charge in [0.15, 0.2) is 17.5 Å². The van der Waals surface area contributed by atoms with Crippen molar-refractivity contribution < 1.29 is 13.5 Å². The fourth-order valence-corrected chi connectivity index (χ4v) is 1.60. The van der Waals surface area contributed by atoms with Gasteiger partial charge >= 0.3 is 0 Å². The molecular formula is C15H14F2N2O. The standard InChI is InChI=1S/C15H14F2N2O/c1-18-14-12(16)10-13(17)15(19-14)20-9-5-8-11-6-3-2-4-7-11/h2-8,10H,9H2,1H3,(H,18,19)/b8-5+. The highest BCUT2D eigenvalue weighted by Crippen LogP contribution is 2.20. The van der Waals surface area contributed by atoms with Crippen LogP contribution in [0.2, 0.25) is 0 Å².